The summed E-state index contributed by atoms with van der Waals surface area (Å²) in [5.74, 6) is 0.818. The Balaban J connectivity index is 1.90. The second-order valence-corrected chi connectivity index (χ2v) is 5.48. The number of rotatable bonds is 3. The van der Waals surface area contributed by atoms with Gasteiger partial charge in [-0.2, -0.15) is 4.98 Å². The summed E-state index contributed by atoms with van der Waals surface area (Å²) in [5, 5.41) is 14.5. The van der Waals surface area contributed by atoms with Crippen molar-refractivity contribution >= 4 is 28.3 Å². The highest BCUT2D eigenvalue weighted by Gasteiger charge is 2.12. The van der Waals surface area contributed by atoms with E-state index in [1.165, 1.54) is 12.1 Å². The number of hydrogen-bond donors (Lipinski definition) is 0. The average molecular weight is 393 g/mol. The molecule has 0 aliphatic carbocycles. The van der Waals surface area contributed by atoms with Crippen molar-refractivity contribution in [1.82, 2.24) is 10.1 Å². The van der Waals surface area contributed by atoms with Gasteiger partial charge in [-0.1, -0.05) is 5.16 Å². The van der Waals surface area contributed by atoms with Crippen LogP contribution in [0, 0.1) is 13.7 Å². The number of halogens is 1. The number of nitro benzene ring substituents is 1. The van der Waals surface area contributed by atoms with Crippen molar-refractivity contribution in [2.24, 2.45) is 0 Å². The standard InChI is InChI=1S/C14H8IN3O3/c15-11-5-1-10(2-6-11)14-16-13(17-21-14)9-3-7-12(8-4-9)18(19)20/h1-8H. The Bertz CT molecular complexity index is 782. The summed E-state index contributed by atoms with van der Waals surface area (Å²) in [6.45, 7) is 0. The average Bonchev–Trinajstić information content (AvgIpc) is 2.98. The van der Waals surface area contributed by atoms with Gasteiger partial charge in [0.2, 0.25) is 5.82 Å². The molecule has 0 saturated heterocycles. The third-order valence-electron chi connectivity index (χ3n) is 2.85. The van der Waals surface area contributed by atoms with Gasteiger partial charge in [0.25, 0.3) is 11.6 Å². The van der Waals surface area contributed by atoms with Gasteiger partial charge < -0.3 is 4.52 Å². The first-order valence-electron chi connectivity index (χ1n) is 5.98. The molecule has 0 radical (unpaired) electrons. The van der Waals surface area contributed by atoms with Crippen LogP contribution in [0.3, 0.4) is 0 Å². The van der Waals surface area contributed by atoms with Crippen LogP contribution in [0.15, 0.2) is 53.1 Å². The zero-order valence-electron chi connectivity index (χ0n) is 10.6. The Labute approximate surface area is 133 Å². The van der Waals surface area contributed by atoms with Crippen molar-refractivity contribution < 1.29 is 9.45 Å². The van der Waals surface area contributed by atoms with Crippen LogP contribution in [0.1, 0.15) is 0 Å². The van der Waals surface area contributed by atoms with E-state index in [1.807, 2.05) is 24.3 Å². The van der Waals surface area contributed by atoms with Crippen molar-refractivity contribution in [2.75, 3.05) is 0 Å². The predicted octanol–water partition coefficient (Wildman–Crippen LogP) is 3.92. The van der Waals surface area contributed by atoms with E-state index in [1.54, 1.807) is 12.1 Å². The van der Waals surface area contributed by atoms with E-state index in [0.717, 1.165) is 9.13 Å². The molecule has 0 aliphatic heterocycles. The van der Waals surface area contributed by atoms with Gasteiger partial charge in [0.1, 0.15) is 0 Å². The number of non-ortho nitro benzene ring substituents is 1. The molecule has 3 rings (SSSR count). The van der Waals surface area contributed by atoms with Gasteiger partial charge in [-0.05, 0) is 59.0 Å². The fraction of sp³-hybridized carbons (Fsp3) is 0. The second-order valence-electron chi connectivity index (χ2n) is 4.23. The van der Waals surface area contributed by atoms with E-state index in [4.69, 9.17) is 4.52 Å². The minimum atomic E-state index is -0.447. The van der Waals surface area contributed by atoms with E-state index in [-0.39, 0.29) is 5.69 Å². The summed E-state index contributed by atoms with van der Waals surface area (Å²) in [7, 11) is 0. The van der Waals surface area contributed by atoms with Crippen molar-refractivity contribution in [3.05, 3.63) is 62.2 Å². The van der Waals surface area contributed by atoms with Gasteiger partial charge in [-0.25, -0.2) is 0 Å². The van der Waals surface area contributed by atoms with E-state index >= 15 is 0 Å². The normalized spacial score (nSPS) is 10.5. The lowest BCUT2D eigenvalue weighted by Crippen LogP contribution is -1.87. The lowest BCUT2D eigenvalue weighted by Gasteiger charge is -1.94. The molecule has 0 bridgehead atoms. The van der Waals surface area contributed by atoms with Crippen LogP contribution in [0.2, 0.25) is 0 Å². The first-order chi connectivity index (χ1) is 10.1. The molecule has 0 fully saturated rings. The first-order valence-corrected chi connectivity index (χ1v) is 7.06. The molecule has 0 atom stereocenters. The maximum absolute atomic E-state index is 10.6. The molecule has 1 aromatic heterocycles. The predicted molar refractivity (Wildman–Crippen MR) is 84.5 cm³/mol. The summed E-state index contributed by atoms with van der Waals surface area (Å²) in [5.41, 5.74) is 1.53. The molecule has 2 aromatic carbocycles. The number of hydrogen-bond acceptors (Lipinski definition) is 5. The van der Waals surface area contributed by atoms with Crippen LogP contribution >= 0.6 is 22.6 Å². The minimum Gasteiger partial charge on any atom is -0.334 e. The zero-order chi connectivity index (χ0) is 14.8. The van der Waals surface area contributed by atoms with Crippen LogP contribution in [-0.4, -0.2) is 15.1 Å². The van der Waals surface area contributed by atoms with Crippen LogP contribution < -0.4 is 0 Å². The molecule has 0 aliphatic rings. The molecular weight excluding hydrogens is 385 g/mol. The van der Waals surface area contributed by atoms with E-state index in [9.17, 15) is 10.1 Å². The SMILES string of the molecule is O=[N+]([O-])c1ccc(-c2noc(-c3ccc(I)cc3)n2)cc1. The lowest BCUT2D eigenvalue weighted by atomic mass is 10.2. The highest BCUT2D eigenvalue weighted by atomic mass is 127. The van der Waals surface area contributed by atoms with Gasteiger partial charge in [-0.15, -0.1) is 0 Å². The monoisotopic (exact) mass is 393 g/mol. The van der Waals surface area contributed by atoms with Crippen molar-refractivity contribution in [1.29, 1.82) is 0 Å². The van der Waals surface area contributed by atoms with Gasteiger partial charge >= 0.3 is 0 Å². The largest absolute Gasteiger partial charge is 0.334 e. The maximum Gasteiger partial charge on any atom is 0.269 e. The zero-order valence-corrected chi connectivity index (χ0v) is 12.7. The summed E-state index contributed by atoms with van der Waals surface area (Å²) in [6, 6.07) is 13.7. The van der Waals surface area contributed by atoms with Gasteiger partial charge in [-0.3, -0.25) is 10.1 Å². The highest BCUT2D eigenvalue weighted by molar-refractivity contribution is 14.1. The van der Waals surface area contributed by atoms with Crippen LogP contribution in [0.5, 0.6) is 0 Å². The summed E-state index contributed by atoms with van der Waals surface area (Å²) in [4.78, 5) is 14.5. The van der Waals surface area contributed by atoms with E-state index < -0.39 is 4.92 Å². The smallest absolute Gasteiger partial charge is 0.269 e. The van der Waals surface area contributed by atoms with E-state index in [0.29, 0.717) is 17.3 Å². The highest BCUT2D eigenvalue weighted by Crippen LogP contribution is 2.24. The number of benzene rings is 2. The van der Waals surface area contributed by atoms with Gasteiger partial charge in [0.15, 0.2) is 0 Å². The molecule has 104 valence electrons. The summed E-state index contributed by atoms with van der Waals surface area (Å²) in [6.07, 6.45) is 0. The quantitative estimate of drug-likeness (QED) is 0.383. The van der Waals surface area contributed by atoms with E-state index in [2.05, 4.69) is 32.7 Å². The number of nitro groups is 1. The molecule has 7 heteroatoms. The topological polar surface area (TPSA) is 82.1 Å². The molecule has 6 nitrogen and oxygen atoms in total. The Morgan fingerprint density at radius 1 is 1.00 bits per heavy atom. The van der Waals surface area contributed by atoms with Crippen LogP contribution in [-0.2, 0) is 0 Å². The van der Waals surface area contributed by atoms with Crippen molar-refractivity contribution in [2.45, 2.75) is 0 Å². The van der Waals surface area contributed by atoms with Crippen LogP contribution in [0.25, 0.3) is 22.8 Å². The molecule has 1 heterocycles. The maximum atomic E-state index is 10.6. The molecule has 0 amide bonds. The third kappa shape index (κ3) is 2.92. The van der Waals surface area contributed by atoms with Crippen molar-refractivity contribution in [3.8, 4) is 22.8 Å². The van der Waals surface area contributed by atoms with Crippen molar-refractivity contribution in [3.63, 3.8) is 0 Å². The molecule has 0 spiro atoms. The fourth-order valence-electron chi connectivity index (χ4n) is 1.78. The molecule has 0 N–H and O–H groups in total. The number of nitrogens with zero attached hydrogens (tertiary/aromatic N) is 3. The molecule has 0 saturated carbocycles. The Morgan fingerprint density at radius 2 is 1.62 bits per heavy atom. The van der Waals surface area contributed by atoms with Crippen LogP contribution in [0.4, 0.5) is 5.69 Å². The lowest BCUT2D eigenvalue weighted by molar-refractivity contribution is -0.384. The van der Waals surface area contributed by atoms with Gasteiger partial charge in [0, 0.05) is 26.8 Å². The summed E-state index contributed by atoms with van der Waals surface area (Å²) < 4.78 is 6.34. The molecule has 21 heavy (non-hydrogen) atoms. The second kappa shape index (κ2) is 5.60. The molecule has 3 aromatic rings. The molecular formula is C14H8IN3O3. The Hall–Kier alpha value is -2.29. The Kier molecular flexibility index (Phi) is 3.65. The number of aromatic nitrogens is 2. The van der Waals surface area contributed by atoms with Gasteiger partial charge in [0.05, 0.1) is 4.92 Å². The fourth-order valence-corrected chi connectivity index (χ4v) is 2.14. The third-order valence-corrected chi connectivity index (χ3v) is 3.57. The minimum absolute atomic E-state index is 0.0279. The molecule has 0 unspecified atom stereocenters. The summed E-state index contributed by atoms with van der Waals surface area (Å²) >= 11 is 2.22. The first kappa shape index (κ1) is 13.7. The Morgan fingerprint density at radius 3 is 2.24 bits per heavy atom.